The van der Waals surface area contributed by atoms with Gasteiger partial charge in [-0.25, -0.2) is 0 Å². The summed E-state index contributed by atoms with van der Waals surface area (Å²) in [6, 6.07) is 66.0. The van der Waals surface area contributed by atoms with Gasteiger partial charge in [0.2, 0.25) is 0 Å². The van der Waals surface area contributed by atoms with Gasteiger partial charge in [-0.3, -0.25) is 0 Å². The van der Waals surface area contributed by atoms with Crippen molar-refractivity contribution in [1.29, 1.82) is 0 Å². The number of allylic oxidation sites excluding steroid dienone is 10. The third-order valence-electron chi connectivity index (χ3n) is 14.5. The van der Waals surface area contributed by atoms with Crippen molar-refractivity contribution in [2.75, 3.05) is 9.80 Å². The highest BCUT2D eigenvalue weighted by Gasteiger charge is 2.54. The molecule has 13 rings (SSSR count). The molecule has 1 heterocycles. The Balaban J connectivity index is 0.912. The number of furan rings is 1. The molecule has 0 spiro atoms. The largest absolute Gasteiger partial charge is 0.460 e. The van der Waals surface area contributed by atoms with Gasteiger partial charge in [-0.15, -0.1) is 0 Å². The van der Waals surface area contributed by atoms with Crippen molar-refractivity contribution in [2.45, 2.75) is 25.2 Å². The number of fused-ring (bicyclic) bond motifs is 6. The molecule has 0 radical (unpaired) electrons. The van der Waals surface area contributed by atoms with Crippen LogP contribution in [-0.2, 0) is 0 Å². The van der Waals surface area contributed by atoms with E-state index in [0.29, 0.717) is 17.8 Å². The third kappa shape index (κ3) is 6.73. The van der Waals surface area contributed by atoms with E-state index in [9.17, 15) is 0 Å². The molecular weight excluding hydrogens is 801 g/mol. The average Bonchev–Trinajstić information content (AvgIpc) is 4.31. The number of anilines is 4. The maximum absolute atomic E-state index is 6.85. The zero-order valence-electron chi connectivity index (χ0n) is 36.7. The summed E-state index contributed by atoms with van der Waals surface area (Å²) in [5.74, 6) is 2.27. The van der Waals surface area contributed by atoms with Crippen LogP contribution in [0.5, 0.6) is 0 Å². The van der Waals surface area contributed by atoms with Gasteiger partial charge in [0.25, 0.3) is 0 Å². The quantitative estimate of drug-likeness (QED) is 0.137. The SMILES string of the molecule is C1=CCC=CC(C23C=CC(N(c4ccc(-c5ccccc5)cc4)c4ccc5oc6c(c5c4)C=C(N(c4ccc(-c5ccccc5)cc4)c4ccc(-c5ccccc5)cc4)C4CC64)=CC2C3)=C1. The van der Waals surface area contributed by atoms with Crippen LogP contribution < -0.4 is 9.80 Å². The minimum Gasteiger partial charge on any atom is -0.460 e. The molecule has 2 fully saturated rings. The van der Waals surface area contributed by atoms with Crippen LogP contribution in [0.3, 0.4) is 0 Å². The molecule has 0 N–H and O–H groups in total. The lowest BCUT2D eigenvalue weighted by molar-refractivity contribution is 0.542. The van der Waals surface area contributed by atoms with Gasteiger partial charge in [-0.2, -0.15) is 0 Å². The van der Waals surface area contributed by atoms with Gasteiger partial charge >= 0.3 is 0 Å². The lowest BCUT2D eigenvalue weighted by atomic mass is 9.88. The van der Waals surface area contributed by atoms with Crippen LogP contribution in [0.1, 0.15) is 36.5 Å². The second-order valence-corrected chi connectivity index (χ2v) is 18.5. The van der Waals surface area contributed by atoms with Gasteiger partial charge < -0.3 is 14.2 Å². The van der Waals surface area contributed by atoms with E-state index in [1.165, 1.54) is 55.9 Å². The van der Waals surface area contributed by atoms with E-state index in [1.807, 2.05) is 0 Å². The van der Waals surface area contributed by atoms with Crippen molar-refractivity contribution in [1.82, 2.24) is 0 Å². The van der Waals surface area contributed by atoms with Gasteiger partial charge in [0.15, 0.2) is 0 Å². The predicted molar refractivity (Wildman–Crippen MR) is 274 cm³/mol. The molecule has 2 saturated carbocycles. The minimum absolute atomic E-state index is 0.0721. The molecule has 4 atom stereocenters. The van der Waals surface area contributed by atoms with Crippen molar-refractivity contribution < 1.29 is 4.42 Å². The van der Waals surface area contributed by atoms with Crippen LogP contribution >= 0.6 is 0 Å². The van der Waals surface area contributed by atoms with E-state index in [-0.39, 0.29) is 5.41 Å². The Bertz CT molecular complexity index is 3230. The maximum Gasteiger partial charge on any atom is 0.135 e. The van der Waals surface area contributed by atoms with E-state index in [0.717, 1.165) is 58.7 Å². The van der Waals surface area contributed by atoms with E-state index in [1.54, 1.807) is 0 Å². The fourth-order valence-corrected chi connectivity index (χ4v) is 10.8. The van der Waals surface area contributed by atoms with Gasteiger partial charge in [-0.05, 0) is 131 Å². The highest BCUT2D eigenvalue weighted by atomic mass is 16.3. The topological polar surface area (TPSA) is 19.6 Å². The number of benzene rings is 7. The van der Waals surface area contributed by atoms with Crippen molar-refractivity contribution >= 4 is 39.8 Å². The molecule has 5 aliphatic rings. The van der Waals surface area contributed by atoms with Crippen molar-refractivity contribution in [2.24, 2.45) is 17.3 Å². The van der Waals surface area contributed by atoms with E-state index >= 15 is 0 Å². The Hall–Kier alpha value is -7.88. The molecule has 5 aliphatic carbocycles. The van der Waals surface area contributed by atoms with Crippen molar-refractivity contribution in [3.63, 3.8) is 0 Å². The zero-order valence-corrected chi connectivity index (χ0v) is 36.7. The van der Waals surface area contributed by atoms with Gasteiger partial charge in [-0.1, -0.05) is 170 Å². The standard InChI is InChI=1S/C63H48N2O/c1-2-13-21-49(20-12-1)63-37-36-55(38-50(63)42-63)64(51-28-22-46(23-29-51)43-14-6-3-7-15-43)54-34-35-61-57(39-54)59-41-60(56-40-58(56)62(59)66-61)65(52-30-24-47(25-31-52)44-16-8-4-9-17-44)53-32-26-48(27-33-53)45-18-10-5-11-19-45/h1,3-39,41,50,56,58H,2,40,42H2. The monoisotopic (exact) mass is 848 g/mol. The Labute approximate surface area is 387 Å². The highest BCUT2D eigenvalue weighted by Crippen LogP contribution is 2.63. The van der Waals surface area contributed by atoms with E-state index in [4.69, 9.17) is 4.42 Å². The van der Waals surface area contributed by atoms with Crippen LogP contribution in [0.25, 0.3) is 50.4 Å². The first-order valence-electron chi connectivity index (χ1n) is 23.5. The predicted octanol–water partition coefficient (Wildman–Crippen LogP) is 16.8. The van der Waals surface area contributed by atoms with Gasteiger partial charge in [0.05, 0.1) is 0 Å². The zero-order chi connectivity index (χ0) is 43.6. The first-order chi connectivity index (χ1) is 32.7. The fourth-order valence-electron chi connectivity index (χ4n) is 10.8. The molecule has 316 valence electrons. The second-order valence-electron chi connectivity index (χ2n) is 18.5. The summed E-state index contributed by atoms with van der Waals surface area (Å²) in [5.41, 5.74) is 18.0. The minimum atomic E-state index is 0.0721. The summed E-state index contributed by atoms with van der Waals surface area (Å²) in [4.78, 5) is 4.94. The molecule has 3 heteroatoms. The number of nitrogens with zero attached hydrogens (tertiary/aromatic N) is 2. The van der Waals surface area contributed by atoms with Gasteiger partial charge in [0.1, 0.15) is 11.3 Å². The first-order valence-corrected chi connectivity index (χ1v) is 23.5. The number of hydrogen-bond donors (Lipinski definition) is 0. The van der Waals surface area contributed by atoms with E-state index < -0.39 is 0 Å². The summed E-state index contributed by atoms with van der Waals surface area (Å²) in [6.45, 7) is 0. The molecule has 0 bridgehead atoms. The van der Waals surface area contributed by atoms with Crippen LogP contribution in [0.2, 0.25) is 0 Å². The molecule has 8 aromatic rings. The average molecular weight is 849 g/mol. The van der Waals surface area contributed by atoms with Crippen LogP contribution in [-0.4, -0.2) is 0 Å². The molecule has 1 aromatic heterocycles. The molecule has 4 unspecified atom stereocenters. The highest BCUT2D eigenvalue weighted by molar-refractivity contribution is 5.95. The lowest BCUT2D eigenvalue weighted by Crippen LogP contribution is -2.20. The molecule has 3 nitrogen and oxygen atoms in total. The van der Waals surface area contributed by atoms with Crippen molar-refractivity contribution in [3.8, 4) is 33.4 Å². The summed E-state index contributed by atoms with van der Waals surface area (Å²) < 4.78 is 6.85. The maximum atomic E-state index is 6.85. The molecular formula is C63H48N2O. The van der Waals surface area contributed by atoms with E-state index in [2.05, 4.69) is 246 Å². The molecule has 0 aliphatic heterocycles. The first kappa shape index (κ1) is 38.6. The van der Waals surface area contributed by atoms with Crippen LogP contribution in [0.4, 0.5) is 22.7 Å². The Morgan fingerprint density at radius 1 is 0.515 bits per heavy atom. The molecule has 0 amide bonds. The molecule has 66 heavy (non-hydrogen) atoms. The lowest BCUT2D eigenvalue weighted by Gasteiger charge is -2.30. The third-order valence-corrected chi connectivity index (χ3v) is 14.5. The number of hydrogen-bond acceptors (Lipinski definition) is 3. The molecule has 0 saturated heterocycles. The normalized spacial score (nSPS) is 20.8. The summed E-state index contributed by atoms with van der Waals surface area (Å²) in [5, 5.41) is 1.15. The molecule has 7 aromatic carbocycles. The second kappa shape index (κ2) is 15.7. The summed E-state index contributed by atoms with van der Waals surface area (Å²) in [6.07, 6.45) is 24.4. The smallest absolute Gasteiger partial charge is 0.135 e. The Morgan fingerprint density at radius 2 is 1.06 bits per heavy atom. The van der Waals surface area contributed by atoms with Crippen LogP contribution in [0, 0.1) is 17.3 Å². The fraction of sp³-hybridized carbons (Fsp3) is 0.111. The summed E-state index contributed by atoms with van der Waals surface area (Å²) >= 11 is 0. The van der Waals surface area contributed by atoms with Gasteiger partial charge in [0, 0.05) is 62.3 Å². The Kier molecular flexibility index (Phi) is 9.16. The summed E-state index contributed by atoms with van der Waals surface area (Å²) in [7, 11) is 0. The van der Waals surface area contributed by atoms with Crippen LogP contribution in [0.15, 0.2) is 252 Å². The van der Waals surface area contributed by atoms with Crippen molar-refractivity contribution in [3.05, 3.63) is 259 Å². The Morgan fingerprint density at radius 3 is 1.64 bits per heavy atom. The number of rotatable bonds is 10.